The summed E-state index contributed by atoms with van der Waals surface area (Å²) < 4.78 is 5.54. The number of hydrogen-bond donors (Lipinski definition) is 1. The first kappa shape index (κ1) is 16.6. The van der Waals surface area contributed by atoms with E-state index in [9.17, 15) is 10.1 Å². The Bertz CT molecular complexity index is 874. The van der Waals surface area contributed by atoms with E-state index in [4.69, 9.17) is 4.74 Å². The Hall–Kier alpha value is -2.82. The maximum Gasteiger partial charge on any atom is 0.274 e. The van der Waals surface area contributed by atoms with Crippen LogP contribution in [-0.4, -0.2) is 11.5 Å². The smallest absolute Gasteiger partial charge is 0.274 e. The highest BCUT2D eigenvalue weighted by Crippen LogP contribution is 2.51. The number of rotatable bonds is 4. The van der Waals surface area contributed by atoms with E-state index < -0.39 is 0 Å². The number of hydrogen-bond acceptors (Lipinski definition) is 4. The molecule has 26 heavy (non-hydrogen) atoms. The molecule has 3 unspecified atom stereocenters. The SMILES string of the molecule is CCOc1ccc(C2Nc3c(ccc([N+](=O)[O-])c3C)C3C=CCC32)cc1. The molecule has 2 aromatic carbocycles. The van der Waals surface area contributed by atoms with Gasteiger partial charge in [0.05, 0.1) is 23.1 Å². The van der Waals surface area contributed by atoms with Crippen molar-refractivity contribution in [3.05, 3.63) is 75.4 Å². The zero-order valence-electron chi connectivity index (χ0n) is 14.9. The van der Waals surface area contributed by atoms with E-state index in [0.29, 0.717) is 24.0 Å². The van der Waals surface area contributed by atoms with Crippen LogP contribution in [0.4, 0.5) is 11.4 Å². The first-order valence-corrected chi connectivity index (χ1v) is 9.04. The van der Waals surface area contributed by atoms with E-state index in [1.165, 1.54) is 5.56 Å². The Balaban J connectivity index is 1.75. The van der Waals surface area contributed by atoms with Gasteiger partial charge in [-0.05, 0) is 55.5 Å². The van der Waals surface area contributed by atoms with Crippen LogP contribution in [0.1, 0.15) is 42.0 Å². The van der Waals surface area contributed by atoms with Gasteiger partial charge >= 0.3 is 0 Å². The molecule has 0 spiro atoms. The van der Waals surface area contributed by atoms with Crippen molar-refractivity contribution >= 4 is 11.4 Å². The third-order valence-electron chi connectivity index (χ3n) is 5.52. The maximum atomic E-state index is 11.3. The fourth-order valence-electron chi connectivity index (χ4n) is 4.27. The molecular formula is C21H22N2O3. The van der Waals surface area contributed by atoms with Crippen LogP contribution in [0.2, 0.25) is 0 Å². The van der Waals surface area contributed by atoms with Crippen LogP contribution in [0.25, 0.3) is 0 Å². The summed E-state index contributed by atoms with van der Waals surface area (Å²) in [4.78, 5) is 11.0. The Morgan fingerprint density at radius 3 is 2.69 bits per heavy atom. The Morgan fingerprint density at radius 2 is 2.00 bits per heavy atom. The quantitative estimate of drug-likeness (QED) is 0.472. The minimum absolute atomic E-state index is 0.124. The summed E-state index contributed by atoms with van der Waals surface area (Å²) in [5.41, 5.74) is 4.13. The van der Waals surface area contributed by atoms with Gasteiger partial charge in [0.2, 0.25) is 0 Å². The van der Waals surface area contributed by atoms with E-state index in [1.54, 1.807) is 6.07 Å². The number of nitro groups is 1. The number of anilines is 1. The minimum Gasteiger partial charge on any atom is -0.494 e. The van der Waals surface area contributed by atoms with E-state index >= 15 is 0 Å². The van der Waals surface area contributed by atoms with Crippen molar-refractivity contribution in [3.8, 4) is 5.75 Å². The molecule has 4 rings (SSSR count). The molecule has 1 N–H and O–H groups in total. The van der Waals surface area contributed by atoms with Gasteiger partial charge in [-0.2, -0.15) is 0 Å². The summed E-state index contributed by atoms with van der Waals surface area (Å²) in [6.45, 7) is 4.45. The van der Waals surface area contributed by atoms with Gasteiger partial charge < -0.3 is 10.1 Å². The molecule has 5 nitrogen and oxygen atoms in total. The molecule has 2 aromatic rings. The van der Waals surface area contributed by atoms with Gasteiger partial charge in [-0.1, -0.05) is 24.3 Å². The summed E-state index contributed by atoms with van der Waals surface area (Å²) in [5, 5.41) is 15.0. The lowest BCUT2D eigenvalue weighted by atomic mass is 9.76. The van der Waals surface area contributed by atoms with Crippen LogP contribution in [0.5, 0.6) is 5.75 Å². The number of fused-ring (bicyclic) bond motifs is 3. The molecule has 1 heterocycles. The predicted octanol–water partition coefficient (Wildman–Crippen LogP) is 5.13. The molecule has 0 saturated heterocycles. The van der Waals surface area contributed by atoms with E-state index in [-0.39, 0.29) is 16.7 Å². The summed E-state index contributed by atoms with van der Waals surface area (Å²) in [6, 6.07) is 11.8. The number of nitro benzene ring substituents is 1. The van der Waals surface area contributed by atoms with Crippen molar-refractivity contribution in [1.82, 2.24) is 0 Å². The zero-order chi connectivity index (χ0) is 18.3. The van der Waals surface area contributed by atoms with Crippen molar-refractivity contribution in [3.63, 3.8) is 0 Å². The number of benzene rings is 2. The van der Waals surface area contributed by atoms with Gasteiger partial charge in [0.15, 0.2) is 0 Å². The van der Waals surface area contributed by atoms with Crippen LogP contribution in [-0.2, 0) is 0 Å². The van der Waals surface area contributed by atoms with Crippen molar-refractivity contribution in [2.24, 2.45) is 5.92 Å². The summed E-state index contributed by atoms with van der Waals surface area (Å²) in [5.74, 6) is 1.57. The normalized spacial score (nSPS) is 23.1. The Morgan fingerprint density at radius 1 is 1.23 bits per heavy atom. The second-order valence-corrected chi connectivity index (χ2v) is 6.91. The molecule has 1 aliphatic carbocycles. The highest BCUT2D eigenvalue weighted by Gasteiger charge is 2.39. The maximum absolute atomic E-state index is 11.3. The lowest BCUT2D eigenvalue weighted by molar-refractivity contribution is -0.385. The highest BCUT2D eigenvalue weighted by molar-refractivity contribution is 5.69. The lowest BCUT2D eigenvalue weighted by Crippen LogP contribution is -2.29. The zero-order valence-corrected chi connectivity index (χ0v) is 14.9. The van der Waals surface area contributed by atoms with Gasteiger partial charge in [0, 0.05) is 17.7 Å². The van der Waals surface area contributed by atoms with Crippen molar-refractivity contribution < 1.29 is 9.66 Å². The van der Waals surface area contributed by atoms with E-state index in [2.05, 4.69) is 29.6 Å². The number of nitrogens with zero attached hydrogens (tertiary/aromatic N) is 1. The average molecular weight is 350 g/mol. The molecule has 0 bridgehead atoms. The third kappa shape index (κ3) is 2.64. The topological polar surface area (TPSA) is 64.4 Å². The minimum atomic E-state index is -0.306. The van der Waals surface area contributed by atoms with Gasteiger partial charge in [-0.25, -0.2) is 0 Å². The molecule has 3 atom stereocenters. The summed E-state index contributed by atoms with van der Waals surface area (Å²) >= 11 is 0. The van der Waals surface area contributed by atoms with Gasteiger partial charge in [0.25, 0.3) is 5.69 Å². The first-order valence-electron chi connectivity index (χ1n) is 9.04. The van der Waals surface area contributed by atoms with Crippen LogP contribution >= 0.6 is 0 Å². The van der Waals surface area contributed by atoms with Crippen molar-refractivity contribution in [2.45, 2.75) is 32.2 Å². The van der Waals surface area contributed by atoms with Gasteiger partial charge in [-0.3, -0.25) is 10.1 Å². The Kier molecular flexibility index (Phi) is 4.15. The highest BCUT2D eigenvalue weighted by atomic mass is 16.6. The molecule has 0 amide bonds. The molecule has 1 aliphatic heterocycles. The number of nitrogens with one attached hydrogen (secondary N) is 1. The number of ether oxygens (including phenoxy) is 1. The van der Waals surface area contributed by atoms with Gasteiger partial charge in [0.1, 0.15) is 5.75 Å². The monoisotopic (exact) mass is 350 g/mol. The van der Waals surface area contributed by atoms with Crippen LogP contribution in [0, 0.1) is 23.0 Å². The van der Waals surface area contributed by atoms with Crippen molar-refractivity contribution in [2.75, 3.05) is 11.9 Å². The largest absolute Gasteiger partial charge is 0.494 e. The second-order valence-electron chi connectivity index (χ2n) is 6.91. The molecule has 5 heteroatoms. The first-order chi connectivity index (χ1) is 12.6. The molecular weight excluding hydrogens is 328 g/mol. The van der Waals surface area contributed by atoms with Crippen LogP contribution in [0.15, 0.2) is 48.6 Å². The standard InChI is InChI=1S/C21H22N2O3/c1-3-26-15-9-7-14(8-10-15)21-17-6-4-5-16(17)18-11-12-19(23(24)25)13(2)20(18)22-21/h4-5,7-12,16-17,21-22H,3,6H2,1-2H3. The molecule has 0 radical (unpaired) electrons. The fourth-order valence-corrected chi connectivity index (χ4v) is 4.27. The molecule has 0 fully saturated rings. The average Bonchev–Trinajstić information content (AvgIpc) is 3.12. The summed E-state index contributed by atoms with van der Waals surface area (Å²) in [7, 11) is 0. The summed E-state index contributed by atoms with van der Waals surface area (Å²) in [6.07, 6.45) is 5.48. The molecule has 2 aliphatic rings. The number of allylic oxidation sites excluding steroid dienone is 2. The molecule has 134 valence electrons. The third-order valence-corrected chi connectivity index (χ3v) is 5.52. The second kappa shape index (κ2) is 6.48. The van der Waals surface area contributed by atoms with E-state index in [0.717, 1.165) is 23.4 Å². The Labute approximate surface area is 152 Å². The fraction of sp³-hybridized carbons (Fsp3) is 0.333. The van der Waals surface area contributed by atoms with E-state index in [1.807, 2.05) is 32.0 Å². The van der Waals surface area contributed by atoms with Crippen molar-refractivity contribution in [1.29, 1.82) is 0 Å². The predicted molar refractivity (Wildman–Crippen MR) is 102 cm³/mol. The molecule has 0 aromatic heterocycles. The molecule has 0 saturated carbocycles. The van der Waals surface area contributed by atoms with Crippen LogP contribution in [0.3, 0.4) is 0 Å². The van der Waals surface area contributed by atoms with Crippen LogP contribution < -0.4 is 10.1 Å². The van der Waals surface area contributed by atoms with Gasteiger partial charge in [-0.15, -0.1) is 0 Å². The lowest BCUT2D eigenvalue weighted by Gasteiger charge is -2.38.